The van der Waals surface area contributed by atoms with Crippen LogP contribution in [0.1, 0.15) is 11.1 Å². The van der Waals surface area contributed by atoms with E-state index in [2.05, 4.69) is 0 Å². The van der Waals surface area contributed by atoms with Crippen molar-refractivity contribution in [3.8, 4) is 11.5 Å². The summed E-state index contributed by atoms with van der Waals surface area (Å²) in [4.78, 5) is 35.1. The highest BCUT2D eigenvalue weighted by atomic mass is 16.7. The highest BCUT2D eigenvalue weighted by Gasteiger charge is 2.22. The molecule has 164 valence electrons. The molecule has 0 atom stereocenters. The van der Waals surface area contributed by atoms with Crippen molar-refractivity contribution in [3.05, 3.63) is 92.3 Å². The van der Waals surface area contributed by atoms with Crippen molar-refractivity contribution < 1.29 is 28.3 Å². The second kappa shape index (κ2) is 8.12. The lowest BCUT2D eigenvalue weighted by molar-refractivity contribution is -0.385. The number of carbonyl (C=O) groups excluding carboxylic acids is 1. The Balaban J connectivity index is 1.41. The Morgan fingerprint density at radius 3 is 2.70 bits per heavy atom. The molecular formula is C24H15NO8. The lowest BCUT2D eigenvalue weighted by atomic mass is 10.0. The van der Waals surface area contributed by atoms with Gasteiger partial charge in [-0.1, -0.05) is 30.3 Å². The average Bonchev–Trinajstić information content (AvgIpc) is 3.27. The van der Waals surface area contributed by atoms with E-state index in [0.717, 1.165) is 16.8 Å². The van der Waals surface area contributed by atoms with E-state index in [0.29, 0.717) is 22.3 Å². The van der Waals surface area contributed by atoms with Gasteiger partial charge in [-0.05, 0) is 29.0 Å². The highest BCUT2D eigenvalue weighted by molar-refractivity contribution is 6.07. The van der Waals surface area contributed by atoms with Crippen LogP contribution >= 0.6 is 0 Å². The predicted molar refractivity (Wildman–Crippen MR) is 118 cm³/mol. The number of hydrogen-bond donors (Lipinski definition) is 0. The SMILES string of the molecule is O=C(/C=C/c1cc2c(cc1[N+](=O)[O-])OCO2)OCc1cc(=O)oc2ccc3ccccc3c12. The van der Waals surface area contributed by atoms with Crippen molar-refractivity contribution in [1.82, 2.24) is 0 Å². The van der Waals surface area contributed by atoms with Gasteiger partial charge < -0.3 is 18.6 Å². The first-order valence-electron chi connectivity index (χ1n) is 9.87. The summed E-state index contributed by atoms with van der Waals surface area (Å²) in [6, 6.07) is 15.1. The minimum absolute atomic E-state index is 0.0323. The zero-order valence-electron chi connectivity index (χ0n) is 17.0. The van der Waals surface area contributed by atoms with Crippen LogP contribution in [0.5, 0.6) is 11.5 Å². The topological polar surface area (TPSA) is 118 Å². The monoisotopic (exact) mass is 445 g/mol. The normalized spacial score (nSPS) is 12.5. The van der Waals surface area contributed by atoms with Gasteiger partial charge in [-0.25, -0.2) is 9.59 Å². The second-order valence-corrected chi connectivity index (χ2v) is 7.21. The van der Waals surface area contributed by atoms with Crippen LogP contribution in [0.4, 0.5) is 5.69 Å². The lowest BCUT2D eigenvalue weighted by Gasteiger charge is -2.09. The number of carbonyl (C=O) groups is 1. The standard InChI is InChI=1S/C24H15NO8/c26-22(8-6-15-9-20-21(32-13-31-20)11-18(15)25(28)29)30-12-16-10-23(27)33-19-7-5-14-3-1-2-4-17(14)24(16)19/h1-11H,12-13H2/b8-6+. The Labute approximate surface area is 185 Å². The number of nitrogens with zero attached hydrogens (tertiary/aromatic N) is 1. The van der Waals surface area contributed by atoms with E-state index in [9.17, 15) is 19.7 Å². The summed E-state index contributed by atoms with van der Waals surface area (Å²) in [5.74, 6) is -0.116. The molecule has 9 heteroatoms. The maximum atomic E-state index is 12.4. The van der Waals surface area contributed by atoms with E-state index >= 15 is 0 Å². The van der Waals surface area contributed by atoms with Crippen molar-refractivity contribution in [1.29, 1.82) is 0 Å². The maximum Gasteiger partial charge on any atom is 0.336 e. The summed E-state index contributed by atoms with van der Waals surface area (Å²) < 4.78 is 21.0. The quantitative estimate of drug-likeness (QED) is 0.111. The molecule has 33 heavy (non-hydrogen) atoms. The van der Waals surface area contributed by atoms with Crippen molar-refractivity contribution in [2.75, 3.05) is 6.79 Å². The fourth-order valence-corrected chi connectivity index (χ4v) is 3.73. The van der Waals surface area contributed by atoms with Gasteiger partial charge >= 0.3 is 11.6 Å². The maximum absolute atomic E-state index is 12.4. The van der Waals surface area contributed by atoms with E-state index in [1.54, 1.807) is 6.07 Å². The summed E-state index contributed by atoms with van der Waals surface area (Å²) in [6.07, 6.45) is 2.35. The van der Waals surface area contributed by atoms with Crippen LogP contribution in [0, 0.1) is 10.1 Å². The largest absolute Gasteiger partial charge is 0.458 e. The van der Waals surface area contributed by atoms with Crippen molar-refractivity contribution >= 4 is 39.5 Å². The number of fused-ring (bicyclic) bond motifs is 4. The van der Waals surface area contributed by atoms with Crippen LogP contribution in [-0.2, 0) is 16.1 Å². The minimum atomic E-state index is -0.733. The molecule has 0 spiro atoms. The smallest absolute Gasteiger partial charge is 0.336 e. The summed E-state index contributed by atoms with van der Waals surface area (Å²) in [6.45, 7) is -0.210. The van der Waals surface area contributed by atoms with E-state index in [1.165, 1.54) is 24.3 Å². The Kier molecular flexibility index (Phi) is 4.98. The van der Waals surface area contributed by atoms with Crippen LogP contribution in [0.2, 0.25) is 0 Å². The minimum Gasteiger partial charge on any atom is -0.458 e. The summed E-state index contributed by atoms with van der Waals surface area (Å²) in [7, 11) is 0. The Hall–Kier alpha value is -4.66. The number of benzene rings is 3. The molecule has 9 nitrogen and oxygen atoms in total. The Morgan fingerprint density at radius 2 is 1.88 bits per heavy atom. The molecular weight excluding hydrogens is 430 g/mol. The van der Waals surface area contributed by atoms with Crippen LogP contribution in [0.3, 0.4) is 0 Å². The van der Waals surface area contributed by atoms with Gasteiger partial charge in [-0.3, -0.25) is 10.1 Å². The third-order valence-electron chi connectivity index (χ3n) is 5.20. The number of nitro benzene ring substituents is 1. The third-order valence-corrected chi connectivity index (χ3v) is 5.20. The van der Waals surface area contributed by atoms with Gasteiger partial charge in [0.05, 0.1) is 16.6 Å². The number of rotatable bonds is 5. The molecule has 0 fully saturated rings. The van der Waals surface area contributed by atoms with Crippen molar-refractivity contribution in [2.24, 2.45) is 0 Å². The molecule has 0 unspecified atom stereocenters. The van der Waals surface area contributed by atoms with Gasteiger partial charge in [0.2, 0.25) is 6.79 Å². The molecule has 0 N–H and O–H groups in total. The second-order valence-electron chi connectivity index (χ2n) is 7.21. The summed E-state index contributed by atoms with van der Waals surface area (Å²) in [5.41, 5.74) is 0.252. The van der Waals surface area contributed by atoms with E-state index in [-0.39, 0.29) is 30.4 Å². The zero-order chi connectivity index (χ0) is 22.9. The Morgan fingerprint density at radius 1 is 1.09 bits per heavy atom. The molecule has 1 aromatic heterocycles. The predicted octanol–water partition coefficient (Wildman–Crippen LogP) is 4.34. The number of ether oxygens (including phenoxy) is 3. The number of hydrogen-bond acceptors (Lipinski definition) is 8. The van der Waals surface area contributed by atoms with E-state index in [1.807, 2.05) is 30.3 Å². The molecule has 5 rings (SSSR count). The molecule has 0 amide bonds. The fourth-order valence-electron chi connectivity index (χ4n) is 3.73. The molecule has 0 saturated carbocycles. The molecule has 1 aliphatic heterocycles. The fraction of sp³-hybridized carbons (Fsp3) is 0.0833. The molecule has 2 heterocycles. The van der Waals surface area contributed by atoms with Crippen LogP contribution in [0.15, 0.2) is 69.9 Å². The van der Waals surface area contributed by atoms with E-state index < -0.39 is 16.5 Å². The first-order chi connectivity index (χ1) is 16.0. The molecule has 0 aliphatic carbocycles. The zero-order valence-corrected chi connectivity index (χ0v) is 17.0. The number of nitro groups is 1. The van der Waals surface area contributed by atoms with Gasteiger partial charge in [0, 0.05) is 23.1 Å². The van der Waals surface area contributed by atoms with Crippen LogP contribution < -0.4 is 15.1 Å². The molecule has 0 radical (unpaired) electrons. The molecule has 0 bridgehead atoms. The van der Waals surface area contributed by atoms with Crippen LogP contribution in [0.25, 0.3) is 27.8 Å². The van der Waals surface area contributed by atoms with Gasteiger partial charge in [0.25, 0.3) is 5.69 Å². The highest BCUT2D eigenvalue weighted by Crippen LogP contribution is 2.38. The van der Waals surface area contributed by atoms with Gasteiger partial charge in [-0.15, -0.1) is 0 Å². The van der Waals surface area contributed by atoms with Crippen molar-refractivity contribution in [3.63, 3.8) is 0 Å². The van der Waals surface area contributed by atoms with Gasteiger partial charge in [0.1, 0.15) is 12.2 Å². The molecule has 1 aliphatic rings. The third kappa shape index (κ3) is 3.87. The molecule has 3 aromatic carbocycles. The van der Waals surface area contributed by atoms with Crippen LogP contribution in [-0.4, -0.2) is 17.7 Å². The van der Waals surface area contributed by atoms with Gasteiger partial charge in [-0.2, -0.15) is 0 Å². The Bertz CT molecular complexity index is 1520. The molecule has 4 aromatic rings. The molecule has 0 saturated heterocycles. The van der Waals surface area contributed by atoms with Crippen molar-refractivity contribution in [2.45, 2.75) is 6.61 Å². The average molecular weight is 445 g/mol. The number of esters is 1. The first-order valence-corrected chi connectivity index (χ1v) is 9.87. The first kappa shape index (κ1) is 20.3. The van der Waals surface area contributed by atoms with Gasteiger partial charge in [0.15, 0.2) is 11.5 Å². The van der Waals surface area contributed by atoms with E-state index in [4.69, 9.17) is 18.6 Å². The summed E-state index contributed by atoms with van der Waals surface area (Å²) in [5, 5.41) is 13.8. The summed E-state index contributed by atoms with van der Waals surface area (Å²) >= 11 is 0. The lowest BCUT2D eigenvalue weighted by Crippen LogP contribution is -2.06.